The molecule has 2 unspecified atom stereocenters. The summed E-state index contributed by atoms with van der Waals surface area (Å²) in [4.78, 5) is 11.3. The summed E-state index contributed by atoms with van der Waals surface area (Å²) in [5.41, 5.74) is 0.690. The third-order valence-corrected chi connectivity index (χ3v) is 11.1. The lowest BCUT2D eigenvalue weighted by molar-refractivity contribution is -0.147. The molecule has 2 atom stereocenters. The predicted molar refractivity (Wildman–Crippen MR) is 90.7 cm³/mol. The van der Waals surface area contributed by atoms with Crippen molar-refractivity contribution in [2.75, 3.05) is 6.61 Å². The maximum Gasteiger partial charge on any atom is 0.332 e. The molecule has 0 bridgehead atoms. The summed E-state index contributed by atoms with van der Waals surface area (Å²) in [6, 6.07) is 9.76. The Bertz CT molecular complexity index is 479. The van der Waals surface area contributed by atoms with Crippen LogP contribution < -0.4 is 0 Å². The lowest BCUT2D eigenvalue weighted by Gasteiger charge is -2.44. The van der Waals surface area contributed by atoms with Crippen LogP contribution in [-0.4, -0.2) is 37.0 Å². The number of rotatable bonds is 7. The van der Waals surface area contributed by atoms with E-state index in [-0.39, 0.29) is 17.2 Å². The van der Waals surface area contributed by atoms with Gasteiger partial charge in [-0.05, 0) is 10.6 Å². The zero-order valence-corrected chi connectivity index (χ0v) is 15.2. The molecule has 0 aliphatic rings. The number of carbonyl (C=O) groups is 1. The van der Waals surface area contributed by atoms with E-state index in [0.29, 0.717) is 6.61 Å². The Morgan fingerprint density at radius 1 is 1.23 bits per heavy atom. The quantitative estimate of drug-likeness (QED) is 0.753. The summed E-state index contributed by atoms with van der Waals surface area (Å²) >= 11 is 0. The van der Waals surface area contributed by atoms with Crippen molar-refractivity contribution in [3.05, 3.63) is 35.9 Å². The molecule has 1 rings (SSSR count). The fraction of sp³-hybridized carbons (Fsp3) is 0.588. The van der Waals surface area contributed by atoms with Crippen LogP contribution in [0.15, 0.2) is 30.3 Å². The van der Waals surface area contributed by atoms with Gasteiger partial charge < -0.3 is 14.9 Å². The van der Waals surface area contributed by atoms with E-state index < -0.39 is 20.1 Å². The van der Waals surface area contributed by atoms with Gasteiger partial charge in [-0.15, -0.1) is 0 Å². The molecule has 1 aromatic rings. The highest BCUT2D eigenvalue weighted by atomic mass is 28.3. The molecule has 124 valence electrons. The average Bonchev–Trinajstić information content (AvgIpc) is 2.42. The number of hydrogen-bond donors (Lipinski definition) is 2. The first-order valence-electron chi connectivity index (χ1n) is 7.60. The summed E-state index contributed by atoms with van der Waals surface area (Å²) in [6.45, 7) is 11.3. The van der Waals surface area contributed by atoms with Crippen LogP contribution in [0, 0.1) is 0 Å². The number of hydrogen-bond acceptors (Lipinski definition) is 3. The average molecular weight is 324 g/mol. The summed E-state index contributed by atoms with van der Waals surface area (Å²) in [5.74, 6) is -1.17. The lowest BCUT2D eigenvalue weighted by atomic mass is 10.2. The second-order valence-corrected chi connectivity index (χ2v) is 13.0. The number of aliphatic hydroxyl groups is 1. The number of carboxylic acids is 1. The second-order valence-electron chi connectivity index (χ2n) is 7.36. The van der Waals surface area contributed by atoms with Gasteiger partial charge in [-0.1, -0.05) is 64.2 Å². The summed E-state index contributed by atoms with van der Waals surface area (Å²) in [6.07, 6.45) is -1.38. The number of ether oxygens (including phenoxy) is 1. The molecule has 0 saturated carbocycles. The molecule has 22 heavy (non-hydrogen) atoms. The molecule has 0 amide bonds. The van der Waals surface area contributed by atoms with Gasteiger partial charge in [0.1, 0.15) is 0 Å². The molecule has 5 heteroatoms. The molecular weight excluding hydrogens is 296 g/mol. The predicted octanol–water partition coefficient (Wildman–Crippen LogP) is 3.53. The van der Waals surface area contributed by atoms with Crippen molar-refractivity contribution in [3.63, 3.8) is 0 Å². The Kier molecular flexibility index (Phi) is 6.34. The van der Waals surface area contributed by atoms with Gasteiger partial charge in [0, 0.05) is 5.54 Å². The van der Waals surface area contributed by atoms with Crippen molar-refractivity contribution in [1.82, 2.24) is 0 Å². The molecule has 0 aliphatic heterocycles. The van der Waals surface area contributed by atoms with Gasteiger partial charge in [0.25, 0.3) is 0 Å². The van der Waals surface area contributed by atoms with Crippen molar-refractivity contribution in [2.45, 2.75) is 57.2 Å². The molecule has 0 radical (unpaired) electrons. The van der Waals surface area contributed by atoms with Crippen LogP contribution in [-0.2, 0) is 16.1 Å². The van der Waals surface area contributed by atoms with E-state index in [0.717, 1.165) is 5.56 Å². The Balaban J connectivity index is 2.81. The Morgan fingerprint density at radius 3 is 2.23 bits per heavy atom. The van der Waals surface area contributed by atoms with Crippen LogP contribution >= 0.6 is 0 Å². The van der Waals surface area contributed by atoms with Crippen molar-refractivity contribution < 1.29 is 19.7 Å². The lowest BCUT2D eigenvalue weighted by Crippen LogP contribution is -2.50. The van der Waals surface area contributed by atoms with E-state index in [2.05, 4.69) is 33.9 Å². The third kappa shape index (κ3) is 4.66. The van der Waals surface area contributed by atoms with Crippen LogP contribution in [0.5, 0.6) is 0 Å². The van der Waals surface area contributed by atoms with Crippen molar-refractivity contribution in [2.24, 2.45) is 0 Å². The third-order valence-electron chi connectivity index (χ3n) is 4.90. The monoisotopic (exact) mass is 324 g/mol. The normalized spacial score (nSPS) is 15.4. The maximum absolute atomic E-state index is 11.3. The van der Waals surface area contributed by atoms with E-state index in [4.69, 9.17) is 4.74 Å². The van der Waals surface area contributed by atoms with Gasteiger partial charge in [0.15, 0.2) is 6.10 Å². The van der Waals surface area contributed by atoms with Crippen molar-refractivity contribution in [1.29, 1.82) is 0 Å². The van der Waals surface area contributed by atoms with Gasteiger partial charge in [-0.2, -0.15) is 0 Å². The molecule has 0 saturated heterocycles. The first kappa shape index (κ1) is 18.9. The molecule has 0 spiro atoms. The molecule has 2 N–H and O–H groups in total. The topological polar surface area (TPSA) is 66.8 Å². The minimum absolute atomic E-state index is 0.0236. The van der Waals surface area contributed by atoms with Crippen LogP contribution in [0.4, 0.5) is 0 Å². The molecular formula is C17H28O4Si. The number of aliphatic carboxylic acids is 1. The van der Waals surface area contributed by atoms with Gasteiger partial charge in [0.05, 0.1) is 21.3 Å². The standard InChI is InChI=1S/C17H28O4Si/c1-17(2,3)22(4,5)14(15(18)16(19)20)12-21-11-13-9-7-6-8-10-13/h6-10,14-15,18H,11-12H2,1-5H3,(H,19,20). The van der Waals surface area contributed by atoms with Crippen molar-refractivity contribution >= 4 is 14.0 Å². The SMILES string of the molecule is CC(C)(C)[Si](C)(C)C(COCc1ccccc1)C(O)C(=O)O. The number of aliphatic hydroxyl groups excluding tert-OH is 1. The number of benzene rings is 1. The fourth-order valence-electron chi connectivity index (χ4n) is 2.30. The molecule has 0 aromatic heterocycles. The van der Waals surface area contributed by atoms with Crippen molar-refractivity contribution in [3.8, 4) is 0 Å². The zero-order chi connectivity index (χ0) is 17.0. The minimum atomic E-state index is -2.05. The molecule has 0 heterocycles. The van der Waals surface area contributed by atoms with Gasteiger partial charge >= 0.3 is 5.97 Å². The summed E-state index contributed by atoms with van der Waals surface area (Å²) in [7, 11) is -2.05. The summed E-state index contributed by atoms with van der Waals surface area (Å²) in [5, 5.41) is 19.3. The van der Waals surface area contributed by atoms with Gasteiger partial charge in [0.2, 0.25) is 0 Å². The summed E-state index contributed by atoms with van der Waals surface area (Å²) < 4.78 is 5.75. The zero-order valence-electron chi connectivity index (χ0n) is 14.2. The Morgan fingerprint density at radius 2 is 1.77 bits per heavy atom. The highest BCUT2D eigenvalue weighted by Gasteiger charge is 2.47. The van der Waals surface area contributed by atoms with E-state index in [1.54, 1.807) is 0 Å². The first-order valence-corrected chi connectivity index (χ1v) is 10.7. The second kappa shape index (κ2) is 7.40. The Hall–Kier alpha value is -1.17. The smallest absolute Gasteiger partial charge is 0.332 e. The van der Waals surface area contributed by atoms with Gasteiger partial charge in [-0.3, -0.25) is 0 Å². The van der Waals surface area contributed by atoms with E-state index in [1.807, 2.05) is 30.3 Å². The van der Waals surface area contributed by atoms with Crippen LogP contribution in [0.1, 0.15) is 26.3 Å². The van der Waals surface area contributed by atoms with Crippen LogP contribution in [0.3, 0.4) is 0 Å². The fourth-order valence-corrected chi connectivity index (χ4v) is 4.88. The number of carboxylic acid groups (broad SMARTS) is 1. The van der Waals surface area contributed by atoms with E-state index in [1.165, 1.54) is 0 Å². The molecule has 4 nitrogen and oxygen atoms in total. The highest BCUT2D eigenvalue weighted by molar-refractivity contribution is 6.81. The first-order chi connectivity index (χ1) is 10.1. The van der Waals surface area contributed by atoms with E-state index in [9.17, 15) is 15.0 Å². The minimum Gasteiger partial charge on any atom is -0.479 e. The van der Waals surface area contributed by atoms with Crippen LogP contribution in [0.25, 0.3) is 0 Å². The largest absolute Gasteiger partial charge is 0.479 e. The Labute approximate surface area is 134 Å². The highest BCUT2D eigenvalue weighted by Crippen LogP contribution is 2.45. The molecule has 0 aliphatic carbocycles. The van der Waals surface area contributed by atoms with E-state index >= 15 is 0 Å². The molecule has 1 aromatic carbocycles. The maximum atomic E-state index is 11.3. The van der Waals surface area contributed by atoms with Gasteiger partial charge in [-0.25, -0.2) is 4.79 Å². The van der Waals surface area contributed by atoms with Crippen LogP contribution in [0.2, 0.25) is 23.7 Å². The molecule has 0 fully saturated rings.